The number of unbranched alkanes of at least 4 members (excludes halogenated alkanes) is 3. The Morgan fingerprint density at radius 1 is 1.20 bits per heavy atom. The molecule has 0 atom stereocenters. The molecule has 0 fully saturated rings. The summed E-state index contributed by atoms with van der Waals surface area (Å²) < 4.78 is 0. The summed E-state index contributed by atoms with van der Waals surface area (Å²) in [7, 11) is 0. The Morgan fingerprint density at radius 3 is 2.73 bits per heavy atom. The fourth-order valence-electron chi connectivity index (χ4n) is 1.50. The van der Waals surface area contributed by atoms with Gasteiger partial charge in [0.05, 0.1) is 0 Å². The maximum atomic E-state index is 5.86. The van der Waals surface area contributed by atoms with Crippen LogP contribution in [0.4, 0.5) is 5.69 Å². The minimum atomic E-state index is 0.911. The SMILES string of the molecule is CCCCCCSc1cccc(N)c1C. The highest BCUT2D eigenvalue weighted by Gasteiger charge is 2.01. The van der Waals surface area contributed by atoms with Gasteiger partial charge >= 0.3 is 0 Å². The van der Waals surface area contributed by atoms with E-state index in [-0.39, 0.29) is 0 Å². The summed E-state index contributed by atoms with van der Waals surface area (Å²) in [5.74, 6) is 1.21. The van der Waals surface area contributed by atoms with Gasteiger partial charge in [-0.3, -0.25) is 0 Å². The molecule has 0 aromatic heterocycles. The lowest BCUT2D eigenvalue weighted by Crippen LogP contribution is -1.91. The van der Waals surface area contributed by atoms with Gasteiger partial charge in [-0.1, -0.05) is 32.3 Å². The van der Waals surface area contributed by atoms with Gasteiger partial charge in [-0.05, 0) is 36.8 Å². The maximum Gasteiger partial charge on any atom is 0.0354 e. The lowest BCUT2D eigenvalue weighted by molar-refractivity contribution is 0.706. The molecule has 2 N–H and O–H groups in total. The van der Waals surface area contributed by atoms with Crippen LogP contribution < -0.4 is 5.73 Å². The number of rotatable bonds is 6. The molecule has 0 saturated heterocycles. The third kappa shape index (κ3) is 4.17. The van der Waals surface area contributed by atoms with Crippen LogP contribution in [0, 0.1) is 6.92 Å². The largest absolute Gasteiger partial charge is 0.398 e. The van der Waals surface area contributed by atoms with Crippen LogP contribution in [0.15, 0.2) is 23.1 Å². The zero-order valence-corrected chi connectivity index (χ0v) is 10.6. The van der Waals surface area contributed by atoms with Crippen LogP contribution in [-0.4, -0.2) is 5.75 Å². The lowest BCUT2D eigenvalue weighted by Gasteiger charge is -2.07. The second-order valence-corrected chi connectivity index (χ2v) is 5.02. The van der Waals surface area contributed by atoms with E-state index >= 15 is 0 Å². The summed E-state index contributed by atoms with van der Waals surface area (Å²) in [5.41, 5.74) is 8.00. The smallest absolute Gasteiger partial charge is 0.0354 e. The van der Waals surface area contributed by atoms with Gasteiger partial charge in [0.2, 0.25) is 0 Å². The quantitative estimate of drug-likeness (QED) is 0.443. The Morgan fingerprint density at radius 2 is 2.00 bits per heavy atom. The van der Waals surface area contributed by atoms with E-state index in [0.29, 0.717) is 0 Å². The molecular formula is C13H21NS. The summed E-state index contributed by atoms with van der Waals surface area (Å²) in [4.78, 5) is 1.34. The molecule has 1 nitrogen and oxygen atoms in total. The highest BCUT2D eigenvalue weighted by molar-refractivity contribution is 7.99. The third-order valence-corrected chi connectivity index (χ3v) is 3.83. The van der Waals surface area contributed by atoms with Gasteiger partial charge in [0.1, 0.15) is 0 Å². The van der Waals surface area contributed by atoms with E-state index < -0.39 is 0 Å². The molecule has 2 heteroatoms. The molecule has 0 saturated carbocycles. The topological polar surface area (TPSA) is 26.0 Å². The first kappa shape index (κ1) is 12.4. The van der Waals surface area contributed by atoms with E-state index in [9.17, 15) is 0 Å². The predicted octanol–water partition coefficient (Wildman–Crippen LogP) is 4.25. The van der Waals surface area contributed by atoms with Crippen LogP contribution in [0.25, 0.3) is 0 Å². The van der Waals surface area contributed by atoms with Crippen molar-refractivity contribution < 1.29 is 0 Å². The molecule has 1 aromatic rings. The normalized spacial score (nSPS) is 10.5. The highest BCUT2D eigenvalue weighted by atomic mass is 32.2. The molecule has 0 aliphatic carbocycles. The molecule has 0 amide bonds. The van der Waals surface area contributed by atoms with Crippen molar-refractivity contribution in [3.05, 3.63) is 23.8 Å². The van der Waals surface area contributed by atoms with E-state index in [0.717, 1.165) is 5.69 Å². The molecule has 84 valence electrons. The maximum absolute atomic E-state index is 5.86. The fourth-order valence-corrected chi connectivity index (χ4v) is 2.58. The summed E-state index contributed by atoms with van der Waals surface area (Å²) in [5, 5.41) is 0. The Kier molecular flexibility index (Phi) is 5.62. The number of nitrogen functional groups attached to an aromatic ring is 1. The van der Waals surface area contributed by atoms with Crippen molar-refractivity contribution in [3.8, 4) is 0 Å². The number of hydrogen-bond donors (Lipinski definition) is 1. The van der Waals surface area contributed by atoms with Crippen LogP contribution in [0.2, 0.25) is 0 Å². The molecule has 1 aromatic carbocycles. The van der Waals surface area contributed by atoms with Crippen LogP contribution in [0.3, 0.4) is 0 Å². The van der Waals surface area contributed by atoms with Crippen molar-refractivity contribution in [3.63, 3.8) is 0 Å². The molecule has 0 aliphatic rings. The first-order valence-corrected chi connectivity index (χ1v) is 6.72. The van der Waals surface area contributed by atoms with Crippen molar-refractivity contribution >= 4 is 17.4 Å². The van der Waals surface area contributed by atoms with Crippen molar-refractivity contribution in [1.29, 1.82) is 0 Å². The minimum Gasteiger partial charge on any atom is -0.398 e. The van der Waals surface area contributed by atoms with Crippen molar-refractivity contribution in [1.82, 2.24) is 0 Å². The predicted molar refractivity (Wildman–Crippen MR) is 70.5 cm³/mol. The number of benzene rings is 1. The summed E-state index contributed by atoms with van der Waals surface area (Å²) in [6.07, 6.45) is 5.33. The van der Waals surface area contributed by atoms with Gasteiger partial charge in [0.25, 0.3) is 0 Å². The van der Waals surface area contributed by atoms with E-state index in [2.05, 4.69) is 19.9 Å². The molecule has 0 radical (unpaired) electrons. The second-order valence-electron chi connectivity index (χ2n) is 3.88. The van der Waals surface area contributed by atoms with Crippen LogP contribution in [-0.2, 0) is 0 Å². The van der Waals surface area contributed by atoms with Crippen LogP contribution in [0.5, 0.6) is 0 Å². The molecule has 0 aliphatic heterocycles. The van der Waals surface area contributed by atoms with Crippen LogP contribution in [0.1, 0.15) is 38.2 Å². The number of nitrogens with two attached hydrogens (primary N) is 1. The number of anilines is 1. The van der Waals surface area contributed by atoms with Gasteiger partial charge in [-0.15, -0.1) is 11.8 Å². The Bertz CT molecular complexity index is 297. The number of thioether (sulfide) groups is 1. The molecular weight excluding hydrogens is 202 g/mol. The van der Waals surface area contributed by atoms with Gasteiger partial charge < -0.3 is 5.73 Å². The molecule has 0 bridgehead atoms. The van der Waals surface area contributed by atoms with Gasteiger partial charge in [0, 0.05) is 10.6 Å². The van der Waals surface area contributed by atoms with Crippen molar-refractivity contribution in [2.45, 2.75) is 44.4 Å². The van der Waals surface area contributed by atoms with E-state index in [1.54, 1.807) is 0 Å². The zero-order valence-electron chi connectivity index (χ0n) is 9.75. The van der Waals surface area contributed by atoms with E-state index in [4.69, 9.17) is 5.73 Å². The molecule has 1 rings (SSSR count). The van der Waals surface area contributed by atoms with Crippen molar-refractivity contribution in [2.75, 3.05) is 11.5 Å². The first-order valence-electron chi connectivity index (χ1n) is 5.73. The van der Waals surface area contributed by atoms with Crippen molar-refractivity contribution in [2.24, 2.45) is 0 Å². The second kappa shape index (κ2) is 6.78. The monoisotopic (exact) mass is 223 g/mol. The highest BCUT2D eigenvalue weighted by Crippen LogP contribution is 2.26. The minimum absolute atomic E-state index is 0.911. The summed E-state index contributed by atoms with van der Waals surface area (Å²) in [6.45, 7) is 4.35. The van der Waals surface area contributed by atoms with Gasteiger partial charge in [-0.2, -0.15) is 0 Å². The Hall–Kier alpha value is -0.630. The molecule has 0 heterocycles. The molecule has 0 unspecified atom stereocenters. The fraction of sp³-hybridized carbons (Fsp3) is 0.538. The Balaban J connectivity index is 2.34. The van der Waals surface area contributed by atoms with E-state index in [1.165, 1.54) is 41.9 Å². The third-order valence-electron chi connectivity index (χ3n) is 2.58. The zero-order chi connectivity index (χ0) is 11.1. The summed E-state index contributed by atoms with van der Waals surface area (Å²) >= 11 is 1.93. The summed E-state index contributed by atoms with van der Waals surface area (Å²) in [6, 6.07) is 6.17. The number of hydrogen-bond acceptors (Lipinski definition) is 2. The van der Waals surface area contributed by atoms with E-state index in [1.807, 2.05) is 23.9 Å². The Labute approximate surface area is 97.4 Å². The molecule has 15 heavy (non-hydrogen) atoms. The van der Waals surface area contributed by atoms with Gasteiger partial charge in [-0.25, -0.2) is 0 Å². The van der Waals surface area contributed by atoms with Gasteiger partial charge in [0.15, 0.2) is 0 Å². The van der Waals surface area contributed by atoms with Crippen LogP contribution >= 0.6 is 11.8 Å². The first-order chi connectivity index (χ1) is 7.25. The molecule has 0 spiro atoms. The standard InChI is InChI=1S/C13H21NS/c1-3-4-5-6-10-15-13-9-7-8-12(14)11(13)2/h7-9H,3-6,10,14H2,1-2H3. The lowest BCUT2D eigenvalue weighted by atomic mass is 10.2. The average Bonchev–Trinajstić information content (AvgIpc) is 2.24. The average molecular weight is 223 g/mol.